The van der Waals surface area contributed by atoms with Crippen LogP contribution in [-0.2, 0) is 16.1 Å². The molecule has 1 amide bonds. The molecule has 0 radical (unpaired) electrons. The number of carbonyl (C=O) groups excluding carboxylic acids is 1. The number of amides is 1. The third-order valence-corrected chi connectivity index (χ3v) is 4.99. The van der Waals surface area contributed by atoms with E-state index in [1.807, 2.05) is 33.6 Å². The van der Waals surface area contributed by atoms with E-state index in [1.54, 1.807) is 6.20 Å². The van der Waals surface area contributed by atoms with Gasteiger partial charge in [-0.1, -0.05) is 0 Å². The van der Waals surface area contributed by atoms with Crippen molar-refractivity contribution in [3.63, 3.8) is 0 Å². The van der Waals surface area contributed by atoms with Crippen molar-refractivity contribution in [1.82, 2.24) is 20.0 Å². The first kappa shape index (κ1) is 20.6. The molecule has 0 aliphatic carbocycles. The third-order valence-electron chi connectivity index (χ3n) is 3.86. The van der Waals surface area contributed by atoms with Gasteiger partial charge in [-0.05, 0) is 6.07 Å². The van der Waals surface area contributed by atoms with Crippen LogP contribution >= 0.6 is 36.6 Å². The molecule has 23 heavy (non-hydrogen) atoms. The van der Waals surface area contributed by atoms with Crippen LogP contribution in [0.3, 0.4) is 0 Å². The molecule has 2 fully saturated rings. The molecule has 1 aromatic rings. The summed E-state index contributed by atoms with van der Waals surface area (Å²) in [6.07, 6.45) is 4.32. The fraction of sp³-hybridized carbons (Fsp3) is 0.714. The van der Waals surface area contributed by atoms with Crippen LogP contribution in [0.5, 0.6) is 0 Å². The molecule has 0 aromatic carbocycles. The van der Waals surface area contributed by atoms with E-state index in [4.69, 9.17) is 4.74 Å². The van der Waals surface area contributed by atoms with E-state index in [0.29, 0.717) is 38.7 Å². The Morgan fingerprint density at radius 3 is 3.00 bits per heavy atom. The molecule has 2 atom stereocenters. The molecule has 0 saturated carbocycles. The quantitative estimate of drug-likeness (QED) is 0.843. The summed E-state index contributed by atoms with van der Waals surface area (Å²) < 4.78 is 7.61. The summed E-state index contributed by atoms with van der Waals surface area (Å²) in [4.78, 5) is 14.4. The Labute approximate surface area is 153 Å². The highest BCUT2D eigenvalue weighted by molar-refractivity contribution is 7.99. The van der Waals surface area contributed by atoms with Crippen molar-refractivity contribution < 1.29 is 9.53 Å². The highest BCUT2D eigenvalue weighted by Gasteiger charge is 2.26. The Kier molecular flexibility index (Phi) is 9.31. The van der Waals surface area contributed by atoms with Gasteiger partial charge in [-0.25, -0.2) is 0 Å². The molecular formula is C14H24Cl2N4O2S. The number of morpholine rings is 1. The smallest absolute Gasteiger partial charge is 0.224 e. The lowest BCUT2D eigenvalue weighted by Crippen LogP contribution is -2.49. The van der Waals surface area contributed by atoms with Crippen molar-refractivity contribution in [2.75, 3.05) is 37.7 Å². The van der Waals surface area contributed by atoms with Crippen LogP contribution < -0.4 is 5.32 Å². The molecular weight excluding hydrogens is 359 g/mol. The Morgan fingerprint density at radius 2 is 2.30 bits per heavy atom. The topological polar surface area (TPSA) is 59.4 Å². The molecule has 132 valence electrons. The first-order chi connectivity index (χ1) is 10.3. The van der Waals surface area contributed by atoms with E-state index in [9.17, 15) is 4.79 Å². The number of carbonyl (C=O) groups is 1. The van der Waals surface area contributed by atoms with E-state index in [2.05, 4.69) is 10.4 Å². The average Bonchev–Trinajstić information content (AvgIpc) is 3.01. The van der Waals surface area contributed by atoms with Crippen molar-refractivity contribution in [3.8, 4) is 0 Å². The monoisotopic (exact) mass is 382 g/mol. The van der Waals surface area contributed by atoms with E-state index in [1.165, 1.54) is 0 Å². The van der Waals surface area contributed by atoms with Crippen LogP contribution in [0.1, 0.15) is 6.42 Å². The molecule has 1 N–H and O–H groups in total. The molecule has 2 unspecified atom stereocenters. The number of thioether (sulfide) groups is 1. The minimum atomic E-state index is 0. The summed E-state index contributed by atoms with van der Waals surface area (Å²) >= 11 is 1.93. The predicted molar refractivity (Wildman–Crippen MR) is 96.8 cm³/mol. The lowest BCUT2D eigenvalue weighted by Gasteiger charge is -2.34. The average molecular weight is 383 g/mol. The zero-order valence-electron chi connectivity index (χ0n) is 12.9. The van der Waals surface area contributed by atoms with Crippen molar-refractivity contribution >= 4 is 42.5 Å². The van der Waals surface area contributed by atoms with Gasteiger partial charge in [0.05, 0.1) is 19.3 Å². The lowest BCUT2D eigenvalue weighted by molar-refractivity contribution is -0.139. The highest BCUT2D eigenvalue weighted by Crippen LogP contribution is 2.14. The molecule has 0 bridgehead atoms. The second-order valence-electron chi connectivity index (χ2n) is 5.49. The van der Waals surface area contributed by atoms with Crippen LogP contribution in [0.2, 0.25) is 0 Å². The molecule has 6 nitrogen and oxygen atoms in total. The number of halogens is 2. The summed E-state index contributed by atoms with van der Waals surface area (Å²) in [5.74, 6) is 2.42. The fourth-order valence-corrected chi connectivity index (χ4v) is 3.71. The number of nitrogens with zero attached hydrogens (tertiary/aromatic N) is 3. The minimum absolute atomic E-state index is 0. The summed E-state index contributed by atoms with van der Waals surface area (Å²) in [5.41, 5.74) is 0. The predicted octanol–water partition coefficient (Wildman–Crippen LogP) is 1.05. The van der Waals surface area contributed by atoms with Crippen molar-refractivity contribution in [2.45, 2.75) is 25.1 Å². The standard InChI is InChI=1S/C14H22N4O2S.2ClH/c19-14(8-12-11-21-7-3-15-12)17-5-6-20-13(9-17)10-18-4-1-2-16-18;;/h1-2,4,12-13,15H,3,5-11H2;2*1H. The van der Waals surface area contributed by atoms with Crippen LogP contribution in [0.4, 0.5) is 0 Å². The molecule has 2 aliphatic rings. The fourth-order valence-electron chi connectivity index (χ4n) is 2.76. The Balaban J connectivity index is 0.00000132. The number of nitrogens with one attached hydrogen (secondary N) is 1. The molecule has 3 heterocycles. The van der Waals surface area contributed by atoms with Gasteiger partial charge in [0.15, 0.2) is 0 Å². The molecule has 3 rings (SSSR count). The Hall–Kier alpha value is -0.470. The number of aromatic nitrogens is 2. The van der Waals surface area contributed by atoms with Crippen molar-refractivity contribution in [1.29, 1.82) is 0 Å². The number of rotatable bonds is 4. The first-order valence-corrected chi connectivity index (χ1v) is 8.64. The van der Waals surface area contributed by atoms with Crippen LogP contribution in [0.15, 0.2) is 18.5 Å². The van der Waals surface area contributed by atoms with Crippen molar-refractivity contribution in [3.05, 3.63) is 18.5 Å². The second-order valence-corrected chi connectivity index (χ2v) is 6.64. The number of hydrogen-bond donors (Lipinski definition) is 1. The molecule has 2 saturated heterocycles. The maximum absolute atomic E-state index is 12.4. The van der Waals surface area contributed by atoms with Gasteiger partial charge in [-0.2, -0.15) is 16.9 Å². The van der Waals surface area contributed by atoms with Crippen LogP contribution in [0.25, 0.3) is 0 Å². The van der Waals surface area contributed by atoms with E-state index in [0.717, 1.165) is 18.1 Å². The maximum atomic E-state index is 12.4. The second kappa shape index (κ2) is 10.4. The zero-order valence-corrected chi connectivity index (χ0v) is 15.4. The van der Waals surface area contributed by atoms with Crippen LogP contribution in [0, 0.1) is 0 Å². The van der Waals surface area contributed by atoms with Gasteiger partial charge in [-0.3, -0.25) is 9.48 Å². The van der Waals surface area contributed by atoms with E-state index >= 15 is 0 Å². The molecule has 0 spiro atoms. The van der Waals surface area contributed by atoms with Gasteiger partial charge in [0.1, 0.15) is 0 Å². The van der Waals surface area contributed by atoms with Gasteiger partial charge in [-0.15, -0.1) is 24.8 Å². The SMILES string of the molecule is Cl.Cl.O=C(CC1CSCCN1)N1CCOC(Cn2cccn2)C1. The van der Waals surface area contributed by atoms with Crippen LogP contribution in [-0.4, -0.2) is 70.5 Å². The molecule has 2 aliphatic heterocycles. The largest absolute Gasteiger partial charge is 0.373 e. The van der Waals surface area contributed by atoms with Gasteiger partial charge in [0, 0.05) is 56.0 Å². The van der Waals surface area contributed by atoms with E-state index in [-0.39, 0.29) is 36.8 Å². The van der Waals surface area contributed by atoms with Gasteiger partial charge >= 0.3 is 0 Å². The Bertz CT molecular complexity index is 458. The molecule has 9 heteroatoms. The Morgan fingerprint density at radius 1 is 1.43 bits per heavy atom. The first-order valence-electron chi connectivity index (χ1n) is 7.49. The third kappa shape index (κ3) is 6.15. The lowest BCUT2D eigenvalue weighted by atomic mass is 10.2. The number of hydrogen-bond acceptors (Lipinski definition) is 5. The zero-order chi connectivity index (χ0) is 14.5. The summed E-state index contributed by atoms with van der Waals surface area (Å²) in [7, 11) is 0. The number of ether oxygens (including phenoxy) is 1. The van der Waals surface area contributed by atoms with Gasteiger partial charge in [0.25, 0.3) is 0 Å². The molecule has 1 aromatic heterocycles. The maximum Gasteiger partial charge on any atom is 0.224 e. The summed E-state index contributed by atoms with van der Waals surface area (Å²) in [6, 6.07) is 2.22. The summed E-state index contributed by atoms with van der Waals surface area (Å²) in [6.45, 7) is 3.69. The van der Waals surface area contributed by atoms with Gasteiger partial charge in [0.2, 0.25) is 5.91 Å². The van der Waals surface area contributed by atoms with E-state index < -0.39 is 0 Å². The normalized spacial score (nSPS) is 24.4. The highest BCUT2D eigenvalue weighted by atomic mass is 35.5. The van der Waals surface area contributed by atoms with Crippen molar-refractivity contribution in [2.24, 2.45) is 0 Å². The van der Waals surface area contributed by atoms with Gasteiger partial charge < -0.3 is 15.0 Å². The summed E-state index contributed by atoms with van der Waals surface area (Å²) in [5, 5.41) is 7.62. The minimum Gasteiger partial charge on any atom is -0.373 e.